The summed E-state index contributed by atoms with van der Waals surface area (Å²) < 4.78 is 22.6. The van der Waals surface area contributed by atoms with E-state index in [1.54, 1.807) is 0 Å². The molecule has 0 aromatic heterocycles. The van der Waals surface area contributed by atoms with Gasteiger partial charge in [-0.15, -0.1) is 0 Å². The number of ether oxygens (including phenoxy) is 4. The second-order valence-electron chi connectivity index (χ2n) is 11.1. The zero-order chi connectivity index (χ0) is 28.0. The van der Waals surface area contributed by atoms with Crippen LogP contribution in [0.15, 0.2) is 84.5 Å². The molecule has 1 aliphatic heterocycles. The van der Waals surface area contributed by atoms with Gasteiger partial charge in [0.25, 0.3) is 0 Å². The van der Waals surface area contributed by atoms with E-state index in [4.69, 9.17) is 18.9 Å². The van der Waals surface area contributed by atoms with Crippen molar-refractivity contribution in [1.29, 1.82) is 0 Å². The first-order valence-electron chi connectivity index (χ1n) is 15.3. The van der Waals surface area contributed by atoms with Gasteiger partial charge >= 0.3 is 0 Å². The van der Waals surface area contributed by atoms with Crippen molar-refractivity contribution in [2.45, 2.75) is 70.8 Å². The van der Waals surface area contributed by atoms with Crippen LogP contribution in [0.25, 0.3) is 0 Å². The van der Waals surface area contributed by atoms with Gasteiger partial charge in [0.1, 0.15) is 11.9 Å². The van der Waals surface area contributed by atoms with E-state index >= 15 is 0 Å². The van der Waals surface area contributed by atoms with Gasteiger partial charge in [-0.3, -0.25) is 0 Å². The molecule has 0 spiro atoms. The first kappa shape index (κ1) is 30.3. The first-order chi connectivity index (χ1) is 19.7. The van der Waals surface area contributed by atoms with Crippen molar-refractivity contribution in [3.8, 4) is 5.75 Å². The Morgan fingerprint density at radius 2 is 1.60 bits per heavy atom. The minimum atomic E-state index is 0.0763. The highest BCUT2D eigenvalue weighted by Gasteiger charge is 2.22. The van der Waals surface area contributed by atoms with E-state index in [2.05, 4.69) is 87.2 Å². The van der Waals surface area contributed by atoms with Crippen molar-refractivity contribution in [2.75, 3.05) is 39.6 Å². The molecule has 1 heterocycles. The van der Waals surface area contributed by atoms with Crippen molar-refractivity contribution >= 4 is 0 Å². The van der Waals surface area contributed by atoms with Gasteiger partial charge in [0.15, 0.2) is 0 Å². The third kappa shape index (κ3) is 10.7. The summed E-state index contributed by atoms with van der Waals surface area (Å²) in [6.45, 7) is 13.6. The van der Waals surface area contributed by atoms with E-state index in [-0.39, 0.29) is 5.92 Å². The smallest absolute Gasteiger partial charge is 0.119 e. The summed E-state index contributed by atoms with van der Waals surface area (Å²) in [6, 6.07) is 17.6. The predicted octanol–water partition coefficient (Wildman–Crippen LogP) is 8.22. The molecule has 1 aliphatic carbocycles. The lowest BCUT2D eigenvalue weighted by atomic mass is 9.84. The maximum Gasteiger partial charge on any atom is 0.119 e. The summed E-state index contributed by atoms with van der Waals surface area (Å²) in [5, 5.41) is 0. The first-order valence-corrected chi connectivity index (χ1v) is 15.3. The van der Waals surface area contributed by atoms with Gasteiger partial charge < -0.3 is 18.9 Å². The molecule has 4 rings (SSSR count). The number of epoxide rings is 1. The molecule has 2 aliphatic rings. The Morgan fingerprint density at radius 3 is 2.25 bits per heavy atom. The van der Waals surface area contributed by atoms with Crippen LogP contribution in [-0.4, -0.2) is 45.7 Å². The summed E-state index contributed by atoms with van der Waals surface area (Å²) in [4.78, 5) is 0. The van der Waals surface area contributed by atoms with Gasteiger partial charge in [0, 0.05) is 25.7 Å². The fourth-order valence-corrected chi connectivity index (χ4v) is 4.78. The van der Waals surface area contributed by atoms with Crippen LogP contribution in [0.4, 0.5) is 0 Å². The fourth-order valence-electron chi connectivity index (χ4n) is 4.78. The average molecular weight is 545 g/mol. The molecule has 1 saturated heterocycles. The SMILES string of the molecule is C=C(/C=C\C(=C/C)CCCOCC1CO1)C(c1ccc(CCCOCC2CC2)cc1)c1ccc(OCCC)cc1. The molecule has 2 aromatic carbocycles. The van der Waals surface area contributed by atoms with E-state index in [1.807, 2.05) is 0 Å². The van der Waals surface area contributed by atoms with Gasteiger partial charge in [-0.05, 0) is 92.2 Å². The monoisotopic (exact) mass is 544 g/mol. The third-order valence-corrected chi connectivity index (χ3v) is 7.52. The normalized spacial score (nSPS) is 17.8. The molecule has 2 aromatic rings. The number of hydrogen-bond donors (Lipinski definition) is 0. The number of hydrogen-bond acceptors (Lipinski definition) is 4. The molecule has 4 nitrogen and oxygen atoms in total. The van der Waals surface area contributed by atoms with Crippen LogP contribution in [0.3, 0.4) is 0 Å². The van der Waals surface area contributed by atoms with E-state index in [0.29, 0.717) is 6.10 Å². The highest BCUT2D eigenvalue weighted by molar-refractivity contribution is 5.46. The van der Waals surface area contributed by atoms with Gasteiger partial charge in [-0.25, -0.2) is 0 Å². The Kier molecular flexibility index (Phi) is 12.6. The molecule has 216 valence electrons. The van der Waals surface area contributed by atoms with Crippen molar-refractivity contribution in [1.82, 2.24) is 0 Å². The lowest BCUT2D eigenvalue weighted by Crippen LogP contribution is -2.04. The van der Waals surface area contributed by atoms with Gasteiger partial charge in [-0.1, -0.05) is 73.7 Å². The van der Waals surface area contributed by atoms with Crippen LogP contribution < -0.4 is 4.74 Å². The lowest BCUT2D eigenvalue weighted by molar-refractivity contribution is 0.115. The van der Waals surface area contributed by atoms with Crippen LogP contribution in [0.1, 0.15) is 75.0 Å². The highest BCUT2D eigenvalue weighted by Crippen LogP contribution is 2.34. The molecule has 2 fully saturated rings. The molecule has 4 heteroatoms. The summed E-state index contributed by atoms with van der Waals surface area (Å²) in [5.41, 5.74) is 6.20. The minimum Gasteiger partial charge on any atom is -0.494 e. The maximum atomic E-state index is 5.84. The van der Waals surface area contributed by atoms with Crippen molar-refractivity contribution < 1.29 is 18.9 Å². The standard InChI is InChI=1S/C36H48O4/c1-4-22-39-34-20-18-33(19-21-34)36(28(3)10-11-29(5-2)8-6-24-38-26-35-27-40-35)32-16-14-30(15-17-32)9-7-23-37-25-31-12-13-31/h5,10-11,14-21,31,35-36H,3-4,6-9,12-13,22-27H2,1-2H3/b11-10-,29-5-. The molecule has 0 amide bonds. The maximum absolute atomic E-state index is 5.84. The second kappa shape index (κ2) is 16.6. The van der Waals surface area contributed by atoms with Gasteiger partial charge in [0.2, 0.25) is 0 Å². The number of rotatable bonds is 20. The quantitative estimate of drug-likeness (QED) is 0.0956. The van der Waals surface area contributed by atoms with E-state index in [0.717, 1.165) is 89.0 Å². The van der Waals surface area contributed by atoms with E-state index in [9.17, 15) is 0 Å². The predicted molar refractivity (Wildman–Crippen MR) is 164 cm³/mol. The Hall–Kier alpha value is -2.66. The molecule has 2 unspecified atom stereocenters. The molecular formula is C36H48O4. The minimum absolute atomic E-state index is 0.0763. The highest BCUT2D eigenvalue weighted by atomic mass is 16.6. The van der Waals surface area contributed by atoms with Crippen molar-refractivity contribution in [2.24, 2.45) is 5.92 Å². The molecular weight excluding hydrogens is 496 g/mol. The zero-order valence-electron chi connectivity index (χ0n) is 24.6. The van der Waals surface area contributed by atoms with E-state index in [1.165, 1.54) is 35.1 Å². The number of benzene rings is 2. The Morgan fingerprint density at radius 1 is 0.925 bits per heavy atom. The molecule has 1 saturated carbocycles. The van der Waals surface area contributed by atoms with Crippen LogP contribution in [0.5, 0.6) is 5.75 Å². The van der Waals surface area contributed by atoms with Crippen LogP contribution in [0.2, 0.25) is 0 Å². The number of allylic oxidation sites excluding steroid dienone is 5. The van der Waals surface area contributed by atoms with E-state index < -0.39 is 0 Å². The number of aryl methyl sites for hydroxylation is 1. The van der Waals surface area contributed by atoms with Crippen LogP contribution >= 0.6 is 0 Å². The second-order valence-corrected chi connectivity index (χ2v) is 11.1. The zero-order valence-corrected chi connectivity index (χ0v) is 24.6. The summed E-state index contributed by atoms with van der Waals surface area (Å²) in [5.74, 6) is 1.82. The Balaban J connectivity index is 1.38. The Bertz CT molecular complexity index is 1070. The third-order valence-electron chi connectivity index (χ3n) is 7.52. The summed E-state index contributed by atoms with van der Waals surface area (Å²) in [6.07, 6.45) is 14.7. The van der Waals surface area contributed by atoms with Gasteiger partial charge in [-0.2, -0.15) is 0 Å². The summed E-state index contributed by atoms with van der Waals surface area (Å²) in [7, 11) is 0. The van der Waals surface area contributed by atoms with Gasteiger partial charge in [0.05, 0.1) is 19.8 Å². The molecule has 2 atom stereocenters. The average Bonchev–Trinajstić information content (AvgIpc) is 3.91. The summed E-state index contributed by atoms with van der Waals surface area (Å²) >= 11 is 0. The molecule has 0 bridgehead atoms. The fraction of sp³-hybridized carbons (Fsp3) is 0.500. The largest absolute Gasteiger partial charge is 0.494 e. The van der Waals surface area contributed by atoms with Crippen molar-refractivity contribution in [3.63, 3.8) is 0 Å². The van der Waals surface area contributed by atoms with Crippen LogP contribution in [0, 0.1) is 5.92 Å². The van der Waals surface area contributed by atoms with Crippen molar-refractivity contribution in [3.05, 3.63) is 101 Å². The Labute approximate surface area is 242 Å². The molecule has 40 heavy (non-hydrogen) atoms. The molecule has 0 radical (unpaired) electrons. The molecule has 0 N–H and O–H groups in total. The lowest BCUT2D eigenvalue weighted by Gasteiger charge is -2.20. The van der Waals surface area contributed by atoms with Crippen LogP contribution in [-0.2, 0) is 20.6 Å². The topological polar surface area (TPSA) is 40.2 Å².